The minimum atomic E-state index is 0. The van der Waals surface area contributed by atoms with Crippen molar-refractivity contribution < 1.29 is 24.2 Å². The van der Waals surface area contributed by atoms with Gasteiger partial charge in [-0.15, -0.1) is 47.9 Å². The Bertz CT molecular complexity index is 1120. The Labute approximate surface area is 313 Å². The van der Waals surface area contributed by atoms with E-state index in [0.717, 1.165) is 24.7 Å². The molecule has 0 unspecified atom stereocenters. The molecule has 258 valence electrons. The van der Waals surface area contributed by atoms with E-state index in [1.54, 1.807) is 0 Å². The summed E-state index contributed by atoms with van der Waals surface area (Å²) >= 11 is 1.30. The number of halogens is 2. The van der Waals surface area contributed by atoms with Gasteiger partial charge in [0.1, 0.15) is 0 Å². The third kappa shape index (κ3) is 14.8. The van der Waals surface area contributed by atoms with Crippen LogP contribution in [0.25, 0.3) is 11.1 Å². The molecular formula is C43H64Cl2Zr-4. The van der Waals surface area contributed by atoms with Gasteiger partial charge in [0.15, 0.2) is 0 Å². The Hall–Kier alpha value is -0.747. The van der Waals surface area contributed by atoms with Gasteiger partial charge in [-0.2, -0.15) is 35.6 Å². The molecule has 6 rings (SSSR count). The van der Waals surface area contributed by atoms with E-state index >= 15 is 0 Å². The first-order valence-corrected chi connectivity index (χ1v) is 18.9. The molecule has 2 saturated carbocycles. The first-order valence-electron chi connectivity index (χ1n) is 17.2. The predicted molar refractivity (Wildman–Crippen MR) is 207 cm³/mol. The van der Waals surface area contributed by atoms with Crippen molar-refractivity contribution in [2.24, 2.45) is 11.8 Å². The maximum atomic E-state index is 4.00. The Morgan fingerprint density at radius 3 is 1.54 bits per heavy atom. The van der Waals surface area contributed by atoms with Crippen LogP contribution in [-0.2, 0) is 41.5 Å². The van der Waals surface area contributed by atoms with Crippen molar-refractivity contribution >= 4 is 29.0 Å². The van der Waals surface area contributed by atoms with Crippen molar-refractivity contribution in [3.05, 3.63) is 95.8 Å². The molecule has 4 aliphatic rings. The molecule has 0 radical (unpaired) electrons. The van der Waals surface area contributed by atoms with Crippen LogP contribution < -0.4 is 0 Å². The first-order chi connectivity index (χ1) is 20.8. The van der Waals surface area contributed by atoms with Crippen molar-refractivity contribution in [3.8, 4) is 11.1 Å². The molecule has 0 atom stereocenters. The van der Waals surface area contributed by atoms with Crippen molar-refractivity contribution in [2.75, 3.05) is 0 Å². The molecule has 0 aromatic heterocycles. The molecular weight excluding hydrogens is 679 g/mol. The zero-order valence-corrected chi connectivity index (χ0v) is 34.6. The average molecular weight is 743 g/mol. The molecule has 0 bridgehead atoms. The SMILES string of the molecule is Cc1[c-]c2c(cc1C(C)(C)C)-c1cc(C(C)(C)C)c(C)cc1C2.Cl.Cl.[C-]1=CC=CC1.[CH2-]C1CCCCC1.[CH2-]C1CCCCC1.[CH2]=[Zr]. The molecule has 4 aliphatic carbocycles. The van der Waals surface area contributed by atoms with E-state index in [-0.39, 0.29) is 35.6 Å². The summed E-state index contributed by atoms with van der Waals surface area (Å²) in [5, 5.41) is 0. The monoisotopic (exact) mass is 740 g/mol. The van der Waals surface area contributed by atoms with Crippen LogP contribution in [0.3, 0.4) is 0 Å². The van der Waals surface area contributed by atoms with Gasteiger partial charge in [0, 0.05) is 0 Å². The predicted octanol–water partition coefficient (Wildman–Crippen LogP) is 13.2. The summed E-state index contributed by atoms with van der Waals surface area (Å²) in [7, 11) is 0. The molecule has 0 aliphatic heterocycles. The van der Waals surface area contributed by atoms with E-state index in [4.69, 9.17) is 0 Å². The number of aryl methyl sites for hydroxylation is 2. The Balaban J connectivity index is 0.000000716. The average Bonchev–Trinajstić information content (AvgIpc) is 3.65. The molecule has 0 spiro atoms. The fourth-order valence-electron chi connectivity index (χ4n) is 6.74. The summed E-state index contributed by atoms with van der Waals surface area (Å²) in [6.07, 6.45) is 25.1. The van der Waals surface area contributed by atoms with Gasteiger partial charge < -0.3 is 13.8 Å². The molecule has 0 nitrogen and oxygen atoms in total. The minimum absolute atomic E-state index is 0. The summed E-state index contributed by atoms with van der Waals surface area (Å²) < 4.78 is 3.34. The van der Waals surface area contributed by atoms with Crippen LogP contribution in [0.4, 0.5) is 0 Å². The fraction of sp³-hybridized carbons (Fsp3) is 0.558. The van der Waals surface area contributed by atoms with Crippen LogP contribution >= 0.6 is 24.8 Å². The van der Waals surface area contributed by atoms with Gasteiger partial charge >= 0.3 is 28.4 Å². The second-order valence-electron chi connectivity index (χ2n) is 15.2. The zero-order valence-electron chi connectivity index (χ0n) is 30.5. The maximum absolute atomic E-state index is 4.00. The molecule has 2 fully saturated rings. The standard InChI is InChI=1S/C23H29.2C7H13.C5H5.CH2.2ClH.Zr/c1-14-9-16-11-17-10-15(2)21(23(6,7)8)13-19(17)18(16)12-20(14)22(3,4)5;2*1-7-5-3-2-4-6-7;1-2-4-5-3-1;;;;/h9,12-13H,11H2,1-8H3;2*7H,1-6H2;1-3H,4H2;1H2;2*1H;/q4*-1;;;;. The number of benzene rings is 2. The van der Waals surface area contributed by atoms with E-state index in [0.29, 0.717) is 0 Å². The molecule has 0 heterocycles. The van der Waals surface area contributed by atoms with Gasteiger partial charge in [-0.1, -0.05) is 136 Å². The van der Waals surface area contributed by atoms with Gasteiger partial charge in [0.2, 0.25) is 0 Å². The van der Waals surface area contributed by atoms with Gasteiger partial charge in [-0.3, -0.25) is 6.08 Å². The topological polar surface area (TPSA) is 0 Å². The molecule has 0 N–H and O–H groups in total. The van der Waals surface area contributed by atoms with E-state index < -0.39 is 0 Å². The van der Waals surface area contributed by atoms with Crippen LogP contribution in [0.2, 0.25) is 0 Å². The van der Waals surface area contributed by atoms with Crippen LogP contribution in [0.1, 0.15) is 146 Å². The third-order valence-electron chi connectivity index (χ3n) is 9.12. The Morgan fingerprint density at radius 2 is 1.20 bits per heavy atom. The van der Waals surface area contributed by atoms with Crippen LogP contribution in [-0.4, -0.2) is 4.21 Å². The molecule has 46 heavy (non-hydrogen) atoms. The molecule has 2 aromatic rings. The third-order valence-corrected chi connectivity index (χ3v) is 9.12. The second-order valence-corrected chi connectivity index (χ2v) is 15.2. The Kier molecular flexibility index (Phi) is 21.7. The van der Waals surface area contributed by atoms with E-state index in [2.05, 4.69) is 110 Å². The van der Waals surface area contributed by atoms with Crippen LogP contribution in [0.5, 0.6) is 0 Å². The number of allylic oxidation sites excluding steroid dienone is 4. The summed E-state index contributed by atoms with van der Waals surface area (Å²) in [5.41, 5.74) is 11.6. The molecule has 3 heteroatoms. The van der Waals surface area contributed by atoms with Crippen molar-refractivity contribution in [1.82, 2.24) is 0 Å². The van der Waals surface area contributed by atoms with E-state index in [1.165, 1.54) is 133 Å². The summed E-state index contributed by atoms with van der Waals surface area (Å²) in [5.74, 6) is 1.57. The summed E-state index contributed by atoms with van der Waals surface area (Å²) in [4.78, 5) is 0. The zero-order chi connectivity index (χ0) is 32.9. The van der Waals surface area contributed by atoms with E-state index in [9.17, 15) is 0 Å². The van der Waals surface area contributed by atoms with Gasteiger partial charge in [0.25, 0.3) is 0 Å². The van der Waals surface area contributed by atoms with Gasteiger partial charge in [0.05, 0.1) is 0 Å². The number of fused-ring (bicyclic) bond motifs is 3. The number of hydrogen-bond donors (Lipinski definition) is 0. The number of rotatable bonds is 0. The second kappa shape index (κ2) is 22.1. The van der Waals surface area contributed by atoms with Crippen LogP contribution in [0.15, 0.2) is 36.4 Å². The number of hydrogen-bond acceptors (Lipinski definition) is 0. The molecule has 2 aromatic carbocycles. The first kappa shape index (κ1) is 45.3. The fourth-order valence-corrected chi connectivity index (χ4v) is 6.74. The quantitative estimate of drug-likeness (QED) is 0.201. The Morgan fingerprint density at radius 1 is 0.717 bits per heavy atom. The van der Waals surface area contributed by atoms with Gasteiger partial charge in [-0.25, -0.2) is 12.2 Å². The molecule has 0 saturated heterocycles. The molecule has 0 amide bonds. The van der Waals surface area contributed by atoms with Crippen molar-refractivity contribution in [1.29, 1.82) is 0 Å². The van der Waals surface area contributed by atoms with Crippen LogP contribution in [0, 0.1) is 51.7 Å². The summed E-state index contributed by atoms with van der Waals surface area (Å²) in [6, 6.07) is 10.9. The van der Waals surface area contributed by atoms with Crippen molar-refractivity contribution in [3.63, 3.8) is 0 Å². The van der Waals surface area contributed by atoms with Crippen molar-refractivity contribution in [2.45, 2.75) is 143 Å². The summed E-state index contributed by atoms with van der Waals surface area (Å²) in [6.45, 7) is 26.2. The van der Waals surface area contributed by atoms with Gasteiger partial charge in [-0.05, 0) is 35.4 Å². The normalized spacial score (nSPS) is 16.6. The van der Waals surface area contributed by atoms with E-state index in [1.807, 2.05) is 12.2 Å².